The predicted octanol–water partition coefficient (Wildman–Crippen LogP) is 3.38. The summed E-state index contributed by atoms with van der Waals surface area (Å²) in [5.41, 5.74) is 0.188. The van der Waals surface area contributed by atoms with Gasteiger partial charge in [0.2, 0.25) is 0 Å². The Hall–Kier alpha value is -2.64. The van der Waals surface area contributed by atoms with Gasteiger partial charge in [-0.15, -0.1) is 0 Å². The van der Waals surface area contributed by atoms with Crippen LogP contribution in [-0.4, -0.2) is 15.2 Å². The molecule has 2 heterocycles. The van der Waals surface area contributed by atoms with Gasteiger partial charge in [0.05, 0.1) is 23.6 Å². The van der Waals surface area contributed by atoms with Crippen molar-refractivity contribution in [2.45, 2.75) is 6.18 Å². The van der Waals surface area contributed by atoms with E-state index in [0.29, 0.717) is 11.2 Å². The van der Waals surface area contributed by atoms with Crippen LogP contribution in [0.15, 0.2) is 41.1 Å². The highest BCUT2D eigenvalue weighted by molar-refractivity contribution is 5.76. The van der Waals surface area contributed by atoms with E-state index in [4.69, 9.17) is 4.42 Å². The molecule has 2 aromatic heterocycles. The average molecular weight is 280 g/mol. The number of nitrogens with one attached hydrogen (secondary N) is 1. The summed E-state index contributed by atoms with van der Waals surface area (Å²) in [6.07, 6.45) is -1.51. The number of alkyl halides is 3. The van der Waals surface area contributed by atoms with Gasteiger partial charge in [-0.25, -0.2) is 0 Å². The van der Waals surface area contributed by atoms with Crippen molar-refractivity contribution in [2.75, 3.05) is 5.32 Å². The van der Waals surface area contributed by atoms with E-state index in [1.165, 1.54) is 18.5 Å². The number of hydrogen-bond donors (Lipinski definition) is 1. The lowest BCUT2D eigenvalue weighted by Crippen LogP contribution is -2.03. The second-order valence-corrected chi connectivity index (χ2v) is 3.96. The van der Waals surface area contributed by atoms with Gasteiger partial charge in [-0.3, -0.25) is 0 Å². The summed E-state index contributed by atoms with van der Waals surface area (Å²) in [4.78, 5) is 4.04. The average Bonchev–Trinajstić information content (AvgIpc) is 2.80. The summed E-state index contributed by atoms with van der Waals surface area (Å²) in [6, 6.07) is 4.86. The molecule has 0 bridgehead atoms. The van der Waals surface area contributed by atoms with E-state index >= 15 is 0 Å². The van der Waals surface area contributed by atoms with Crippen LogP contribution in [0.3, 0.4) is 0 Å². The van der Waals surface area contributed by atoms with Gasteiger partial charge in [0, 0.05) is 0 Å². The first-order valence-corrected chi connectivity index (χ1v) is 5.54. The molecule has 102 valence electrons. The highest BCUT2D eigenvalue weighted by Crippen LogP contribution is 2.32. The quantitative estimate of drug-likeness (QED) is 0.779. The third kappa shape index (κ3) is 2.40. The molecular weight excluding hydrogens is 273 g/mol. The number of rotatable bonds is 2. The topological polar surface area (TPSA) is 63.8 Å². The molecule has 0 unspecified atom stereocenters. The Balaban J connectivity index is 1.95. The number of benzene rings is 1. The molecule has 3 rings (SSSR count). The molecule has 3 aromatic rings. The lowest BCUT2D eigenvalue weighted by Gasteiger charge is -2.04. The molecule has 0 saturated heterocycles. The predicted molar refractivity (Wildman–Crippen MR) is 64.3 cm³/mol. The van der Waals surface area contributed by atoms with Crippen molar-refractivity contribution in [3.05, 3.63) is 42.2 Å². The molecule has 1 N–H and O–H groups in total. The molecule has 0 amide bonds. The minimum absolute atomic E-state index is 0.0596. The van der Waals surface area contributed by atoms with Crippen LogP contribution < -0.4 is 5.32 Å². The molecule has 1 aromatic carbocycles. The molecule has 0 aliphatic rings. The lowest BCUT2D eigenvalue weighted by atomic mass is 10.2. The summed E-state index contributed by atoms with van der Waals surface area (Å²) in [6.45, 7) is 0. The zero-order valence-electron chi connectivity index (χ0n) is 9.85. The molecule has 0 fully saturated rings. The van der Waals surface area contributed by atoms with Crippen molar-refractivity contribution in [2.24, 2.45) is 0 Å². The van der Waals surface area contributed by atoms with Crippen LogP contribution in [-0.2, 0) is 6.18 Å². The second-order valence-electron chi connectivity index (χ2n) is 3.96. The third-order valence-electron chi connectivity index (χ3n) is 2.55. The van der Waals surface area contributed by atoms with Crippen molar-refractivity contribution in [1.82, 2.24) is 15.2 Å². The number of fused-ring (bicyclic) bond motifs is 1. The molecule has 0 saturated carbocycles. The normalized spacial score (nSPS) is 11.8. The van der Waals surface area contributed by atoms with Crippen LogP contribution in [0.2, 0.25) is 0 Å². The SMILES string of the molecule is FC(F)(F)c1ccc2nc(Nc3ccnnc3)oc2c1. The first kappa shape index (κ1) is 12.4. The zero-order chi connectivity index (χ0) is 14.2. The van der Waals surface area contributed by atoms with Gasteiger partial charge in [0.15, 0.2) is 5.58 Å². The van der Waals surface area contributed by atoms with Crippen LogP contribution in [0.25, 0.3) is 11.1 Å². The highest BCUT2D eigenvalue weighted by atomic mass is 19.4. The van der Waals surface area contributed by atoms with E-state index in [1.807, 2.05) is 0 Å². The highest BCUT2D eigenvalue weighted by Gasteiger charge is 2.31. The van der Waals surface area contributed by atoms with Gasteiger partial charge in [0.25, 0.3) is 6.01 Å². The molecule has 0 aliphatic carbocycles. The van der Waals surface area contributed by atoms with E-state index in [0.717, 1.165) is 12.1 Å². The summed E-state index contributed by atoms with van der Waals surface area (Å²) >= 11 is 0. The maximum Gasteiger partial charge on any atom is 0.416 e. The van der Waals surface area contributed by atoms with Gasteiger partial charge < -0.3 is 9.73 Å². The Bertz CT molecular complexity index is 739. The van der Waals surface area contributed by atoms with Crippen molar-refractivity contribution in [3.8, 4) is 0 Å². The van der Waals surface area contributed by atoms with Crippen LogP contribution in [0.1, 0.15) is 5.56 Å². The molecular formula is C12H7F3N4O. The molecule has 20 heavy (non-hydrogen) atoms. The third-order valence-corrected chi connectivity index (χ3v) is 2.55. The van der Waals surface area contributed by atoms with Crippen LogP contribution in [0.4, 0.5) is 24.9 Å². The minimum Gasteiger partial charge on any atom is -0.423 e. The molecule has 0 aliphatic heterocycles. The Morgan fingerprint density at radius 3 is 2.65 bits per heavy atom. The summed E-state index contributed by atoms with van der Waals surface area (Å²) < 4.78 is 43.0. The van der Waals surface area contributed by atoms with Gasteiger partial charge in [-0.05, 0) is 24.3 Å². The standard InChI is InChI=1S/C12H7F3N4O/c13-12(14,15)7-1-2-9-10(5-7)20-11(19-9)18-8-3-4-16-17-6-8/h1-6H,(H,16,18,19). The number of aromatic nitrogens is 3. The van der Waals surface area contributed by atoms with Crippen LogP contribution in [0, 0.1) is 0 Å². The Labute approximate surface area is 110 Å². The van der Waals surface area contributed by atoms with Gasteiger partial charge in [-0.2, -0.15) is 28.4 Å². The van der Waals surface area contributed by atoms with E-state index in [9.17, 15) is 13.2 Å². The first-order chi connectivity index (χ1) is 9.52. The Morgan fingerprint density at radius 2 is 1.95 bits per heavy atom. The van der Waals surface area contributed by atoms with E-state index in [1.54, 1.807) is 6.07 Å². The van der Waals surface area contributed by atoms with Gasteiger partial charge in [-0.1, -0.05) is 0 Å². The molecule has 8 heteroatoms. The van der Waals surface area contributed by atoms with Crippen molar-refractivity contribution >= 4 is 22.8 Å². The lowest BCUT2D eigenvalue weighted by molar-refractivity contribution is -0.137. The maximum absolute atomic E-state index is 12.6. The van der Waals surface area contributed by atoms with Gasteiger partial charge in [0.1, 0.15) is 5.52 Å². The fraction of sp³-hybridized carbons (Fsp3) is 0.0833. The molecule has 0 atom stereocenters. The van der Waals surface area contributed by atoms with Crippen molar-refractivity contribution < 1.29 is 17.6 Å². The van der Waals surface area contributed by atoms with Crippen LogP contribution >= 0.6 is 0 Å². The van der Waals surface area contributed by atoms with Gasteiger partial charge >= 0.3 is 6.18 Å². The van der Waals surface area contributed by atoms with Crippen LogP contribution in [0.5, 0.6) is 0 Å². The summed E-state index contributed by atoms with van der Waals surface area (Å²) in [5.74, 6) is 0. The van der Waals surface area contributed by atoms with Crippen molar-refractivity contribution in [1.29, 1.82) is 0 Å². The fourth-order valence-corrected chi connectivity index (χ4v) is 1.64. The monoisotopic (exact) mass is 280 g/mol. The summed E-state index contributed by atoms with van der Waals surface area (Å²) in [7, 11) is 0. The van der Waals surface area contributed by atoms with E-state index in [2.05, 4.69) is 20.5 Å². The maximum atomic E-state index is 12.6. The number of oxazole rings is 1. The molecule has 0 radical (unpaired) electrons. The fourth-order valence-electron chi connectivity index (χ4n) is 1.64. The van der Waals surface area contributed by atoms with E-state index < -0.39 is 11.7 Å². The Kier molecular flexibility index (Phi) is 2.78. The minimum atomic E-state index is -4.41. The van der Waals surface area contributed by atoms with Crippen molar-refractivity contribution in [3.63, 3.8) is 0 Å². The number of halogens is 3. The smallest absolute Gasteiger partial charge is 0.416 e. The molecule has 5 nitrogen and oxygen atoms in total. The largest absolute Gasteiger partial charge is 0.423 e. The number of hydrogen-bond acceptors (Lipinski definition) is 5. The number of anilines is 2. The molecule has 0 spiro atoms. The number of nitrogens with zero attached hydrogens (tertiary/aromatic N) is 3. The Morgan fingerprint density at radius 1 is 1.10 bits per heavy atom. The zero-order valence-corrected chi connectivity index (χ0v) is 9.85. The summed E-state index contributed by atoms with van der Waals surface area (Å²) in [5, 5.41) is 10.0. The second kappa shape index (κ2) is 4.48. The first-order valence-electron chi connectivity index (χ1n) is 5.54. The van der Waals surface area contributed by atoms with E-state index in [-0.39, 0.29) is 11.6 Å².